The second kappa shape index (κ2) is 6.28. The predicted octanol–water partition coefficient (Wildman–Crippen LogP) is 5.14. The number of aryl methyl sites for hydroxylation is 1. The number of hydrogen-bond acceptors (Lipinski definition) is 2. The van der Waals surface area contributed by atoms with Crippen molar-refractivity contribution in [2.45, 2.75) is 34.6 Å². The van der Waals surface area contributed by atoms with Gasteiger partial charge >= 0.3 is 0 Å². The van der Waals surface area contributed by atoms with Crippen molar-refractivity contribution in [3.8, 4) is 11.1 Å². The molecule has 1 aromatic carbocycles. The van der Waals surface area contributed by atoms with Crippen molar-refractivity contribution in [2.24, 2.45) is 5.41 Å². The highest BCUT2D eigenvalue weighted by Crippen LogP contribution is 2.36. The van der Waals surface area contributed by atoms with E-state index >= 15 is 0 Å². The number of carbonyl (C=O) groups excluding carboxylic acids is 1. The second-order valence-electron chi connectivity index (χ2n) is 6.55. The van der Waals surface area contributed by atoms with E-state index in [1.807, 2.05) is 20.8 Å². The van der Waals surface area contributed by atoms with Crippen molar-refractivity contribution >= 4 is 23.2 Å². The molecule has 1 amide bonds. The van der Waals surface area contributed by atoms with Gasteiger partial charge in [0.25, 0.3) is 0 Å². The summed E-state index contributed by atoms with van der Waals surface area (Å²) in [7, 11) is 0. The van der Waals surface area contributed by atoms with Crippen LogP contribution >= 0.6 is 11.6 Å². The Morgan fingerprint density at radius 1 is 1.22 bits per heavy atom. The third-order valence-corrected chi connectivity index (χ3v) is 3.96. The Kier molecular flexibility index (Phi) is 4.76. The molecule has 1 N–H and O–H groups in total. The Balaban J connectivity index is 2.61. The van der Waals surface area contributed by atoms with Crippen LogP contribution in [0.3, 0.4) is 0 Å². The molecule has 2 rings (SSSR count). The van der Waals surface area contributed by atoms with Gasteiger partial charge in [0.15, 0.2) is 11.0 Å². The molecule has 0 saturated heterocycles. The second-order valence-corrected chi connectivity index (χ2v) is 6.91. The van der Waals surface area contributed by atoms with Crippen LogP contribution in [0.5, 0.6) is 0 Å². The lowest BCUT2D eigenvalue weighted by Crippen LogP contribution is -2.27. The van der Waals surface area contributed by atoms with E-state index in [-0.39, 0.29) is 11.1 Å². The highest BCUT2D eigenvalue weighted by molar-refractivity contribution is 6.30. The maximum Gasteiger partial charge on any atom is 0.229 e. The van der Waals surface area contributed by atoms with E-state index in [9.17, 15) is 9.18 Å². The maximum atomic E-state index is 14.6. The Labute approximate surface area is 140 Å². The molecule has 0 bridgehead atoms. The highest BCUT2D eigenvalue weighted by Gasteiger charge is 2.24. The lowest BCUT2D eigenvalue weighted by molar-refractivity contribution is -0.123. The molecule has 0 aliphatic carbocycles. The largest absolute Gasteiger partial charge is 0.325 e. The summed E-state index contributed by atoms with van der Waals surface area (Å²) in [5, 5.41) is 2.71. The zero-order valence-electron chi connectivity index (χ0n) is 13.9. The van der Waals surface area contributed by atoms with Gasteiger partial charge < -0.3 is 5.32 Å². The number of halogens is 2. The molecule has 2 aromatic rings. The topological polar surface area (TPSA) is 42.0 Å². The molecule has 3 nitrogen and oxygen atoms in total. The van der Waals surface area contributed by atoms with Gasteiger partial charge in [-0.2, -0.15) is 0 Å². The van der Waals surface area contributed by atoms with E-state index in [1.165, 1.54) is 0 Å². The summed E-state index contributed by atoms with van der Waals surface area (Å²) in [5.74, 6) is -0.716. The first kappa shape index (κ1) is 17.4. The summed E-state index contributed by atoms with van der Waals surface area (Å²) in [6.07, 6.45) is 0. The van der Waals surface area contributed by atoms with Gasteiger partial charge in [-0.1, -0.05) is 50.6 Å². The van der Waals surface area contributed by atoms with Crippen LogP contribution in [0.15, 0.2) is 24.3 Å². The van der Waals surface area contributed by atoms with Crippen molar-refractivity contribution in [2.75, 3.05) is 5.32 Å². The molecule has 122 valence electrons. The van der Waals surface area contributed by atoms with Crippen molar-refractivity contribution in [3.05, 3.63) is 46.5 Å². The molecule has 1 aromatic heterocycles. The van der Waals surface area contributed by atoms with E-state index in [2.05, 4.69) is 10.3 Å². The van der Waals surface area contributed by atoms with Crippen LogP contribution in [0.1, 0.15) is 32.0 Å². The van der Waals surface area contributed by atoms with Gasteiger partial charge in [-0.25, -0.2) is 9.37 Å². The normalized spacial score (nSPS) is 11.4. The van der Waals surface area contributed by atoms with Crippen molar-refractivity contribution in [1.82, 2.24) is 4.98 Å². The van der Waals surface area contributed by atoms with E-state index in [0.29, 0.717) is 28.1 Å². The number of hydrogen-bond donors (Lipinski definition) is 1. The molecule has 0 atom stereocenters. The fourth-order valence-corrected chi connectivity index (χ4v) is 2.39. The number of para-hydroxylation sites is 1. The van der Waals surface area contributed by atoms with Crippen LogP contribution in [-0.4, -0.2) is 10.9 Å². The van der Waals surface area contributed by atoms with Crippen LogP contribution in [0, 0.1) is 25.1 Å². The molecule has 0 radical (unpaired) electrons. The van der Waals surface area contributed by atoms with Crippen molar-refractivity contribution in [3.63, 3.8) is 0 Å². The van der Waals surface area contributed by atoms with Gasteiger partial charge in [0.2, 0.25) is 5.91 Å². The van der Waals surface area contributed by atoms with E-state index in [4.69, 9.17) is 11.6 Å². The summed E-state index contributed by atoms with van der Waals surface area (Å²) in [6, 6.07) is 7.11. The van der Waals surface area contributed by atoms with Gasteiger partial charge in [0.05, 0.1) is 0 Å². The molecule has 0 saturated carbocycles. The number of aromatic nitrogens is 1. The van der Waals surface area contributed by atoms with Crippen LogP contribution < -0.4 is 5.32 Å². The molecule has 0 aliphatic rings. The van der Waals surface area contributed by atoms with Gasteiger partial charge in [-0.3, -0.25) is 4.79 Å². The lowest BCUT2D eigenvalue weighted by Gasteiger charge is -2.20. The summed E-state index contributed by atoms with van der Waals surface area (Å²) >= 11 is 5.90. The van der Waals surface area contributed by atoms with Crippen molar-refractivity contribution < 1.29 is 9.18 Å². The van der Waals surface area contributed by atoms with Crippen LogP contribution in [0.25, 0.3) is 11.1 Å². The summed E-state index contributed by atoms with van der Waals surface area (Å²) in [4.78, 5) is 16.3. The summed E-state index contributed by atoms with van der Waals surface area (Å²) in [6.45, 7) is 9.04. The Morgan fingerprint density at radius 3 is 2.43 bits per heavy atom. The fourth-order valence-electron chi connectivity index (χ4n) is 2.17. The Morgan fingerprint density at radius 2 is 1.83 bits per heavy atom. The minimum Gasteiger partial charge on any atom is -0.325 e. The zero-order chi connectivity index (χ0) is 17.4. The number of carbonyl (C=O) groups is 1. The number of amides is 1. The summed E-state index contributed by atoms with van der Waals surface area (Å²) in [5.41, 5.74) is 2.32. The van der Waals surface area contributed by atoms with Crippen LogP contribution in [0.2, 0.25) is 5.15 Å². The van der Waals surface area contributed by atoms with Gasteiger partial charge in [0, 0.05) is 27.9 Å². The third-order valence-electron chi connectivity index (χ3n) is 3.71. The smallest absolute Gasteiger partial charge is 0.229 e. The van der Waals surface area contributed by atoms with E-state index in [1.54, 1.807) is 38.1 Å². The quantitative estimate of drug-likeness (QED) is 0.772. The molecular weight excluding hydrogens is 315 g/mol. The SMILES string of the molecule is Cc1nc(Cl)c(F)c(-c2ccccc2NC(=O)C(C)(C)C)c1C. The van der Waals surface area contributed by atoms with Crippen LogP contribution in [-0.2, 0) is 4.79 Å². The minimum absolute atomic E-state index is 0.139. The molecule has 0 aliphatic heterocycles. The molecular formula is C18H20ClFN2O. The summed E-state index contributed by atoms with van der Waals surface area (Å²) < 4.78 is 14.6. The van der Waals surface area contributed by atoms with Crippen molar-refractivity contribution in [1.29, 1.82) is 0 Å². The van der Waals surface area contributed by atoms with E-state index < -0.39 is 11.2 Å². The monoisotopic (exact) mass is 334 g/mol. The van der Waals surface area contributed by atoms with Crippen LogP contribution in [0.4, 0.5) is 10.1 Å². The number of nitrogens with zero attached hydrogens (tertiary/aromatic N) is 1. The number of rotatable bonds is 2. The third kappa shape index (κ3) is 3.53. The molecule has 5 heteroatoms. The molecule has 0 unspecified atom stereocenters. The molecule has 0 spiro atoms. The minimum atomic E-state index is -0.577. The number of benzene rings is 1. The average molecular weight is 335 g/mol. The number of pyridine rings is 1. The number of nitrogens with one attached hydrogen (secondary N) is 1. The Hall–Kier alpha value is -1.94. The molecule has 23 heavy (non-hydrogen) atoms. The average Bonchev–Trinajstić information content (AvgIpc) is 2.46. The highest BCUT2D eigenvalue weighted by atomic mass is 35.5. The Bertz CT molecular complexity index is 740. The van der Waals surface area contributed by atoms with Gasteiger partial charge in [0.1, 0.15) is 0 Å². The lowest BCUT2D eigenvalue weighted by atomic mass is 9.94. The van der Waals surface area contributed by atoms with Gasteiger partial charge in [-0.05, 0) is 25.5 Å². The number of anilines is 1. The maximum absolute atomic E-state index is 14.6. The zero-order valence-corrected chi connectivity index (χ0v) is 14.7. The molecule has 0 fully saturated rings. The van der Waals surface area contributed by atoms with Gasteiger partial charge in [-0.15, -0.1) is 0 Å². The first-order valence-electron chi connectivity index (χ1n) is 7.36. The first-order valence-corrected chi connectivity index (χ1v) is 7.73. The standard InChI is InChI=1S/C18H20ClFN2O/c1-10-11(2)21-16(19)15(20)14(10)12-8-6-7-9-13(12)22-17(23)18(3,4)5/h6-9H,1-5H3,(H,22,23). The first-order chi connectivity index (χ1) is 10.6. The molecule has 1 heterocycles. The fraction of sp³-hybridized carbons (Fsp3) is 0.333. The van der Waals surface area contributed by atoms with E-state index in [0.717, 1.165) is 0 Å². The predicted molar refractivity (Wildman–Crippen MR) is 92.2 cm³/mol.